The monoisotopic (exact) mass is 528 g/mol. The van der Waals surface area contributed by atoms with Crippen molar-refractivity contribution < 1.29 is 19.9 Å². The number of rotatable bonds is 13. The molecule has 4 N–H and O–H groups in total. The smallest absolute Gasteiger partial charge is 0.247 e. The number of hydrogen-bond donors (Lipinski definition) is 4. The van der Waals surface area contributed by atoms with Crippen LogP contribution < -0.4 is 10.8 Å². The predicted molar refractivity (Wildman–Crippen MR) is 153 cm³/mol. The molecule has 0 aromatic heterocycles. The number of carbonyl (C=O) groups is 2. The van der Waals surface area contributed by atoms with Gasteiger partial charge in [0.1, 0.15) is 0 Å². The van der Waals surface area contributed by atoms with Crippen molar-refractivity contribution in [1.29, 1.82) is 0 Å². The van der Waals surface area contributed by atoms with E-state index in [0.29, 0.717) is 12.8 Å². The minimum absolute atomic E-state index is 0.0553. The Labute approximate surface area is 231 Å². The second kappa shape index (κ2) is 14.6. The summed E-state index contributed by atoms with van der Waals surface area (Å²) >= 11 is 0. The van der Waals surface area contributed by atoms with Gasteiger partial charge < -0.3 is 10.4 Å². The SMILES string of the molecule is O=C(N[C@H](CO)Cc1ccccc1)C(CCCc1ccc(-c2ccccc2)cc1)[C@@H](C(=O)NO)C1CCCC1. The third-order valence-corrected chi connectivity index (χ3v) is 8.02. The first-order valence-corrected chi connectivity index (χ1v) is 14.1. The van der Waals surface area contributed by atoms with Crippen molar-refractivity contribution in [3.63, 3.8) is 0 Å². The van der Waals surface area contributed by atoms with Crippen LogP contribution in [-0.4, -0.2) is 34.8 Å². The largest absolute Gasteiger partial charge is 0.394 e. The van der Waals surface area contributed by atoms with E-state index in [4.69, 9.17) is 0 Å². The van der Waals surface area contributed by atoms with Gasteiger partial charge in [-0.2, -0.15) is 0 Å². The number of nitrogens with one attached hydrogen (secondary N) is 2. The Hall–Kier alpha value is -3.48. The molecule has 3 aromatic carbocycles. The Balaban J connectivity index is 1.46. The molecule has 1 fully saturated rings. The second-order valence-electron chi connectivity index (χ2n) is 10.7. The van der Waals surface area contributed by atoms with Gasteiger partial charge in [-0.15, -0.1) is 0 Å². The molecule has 6 heteroatoms. The van der Waals surface area contributed by atoms with Gasteiger partial charge in [-0.25, -0.2) is 5.48 Å². The number of hydrogen-bond acceptors (Lipinski definition) is 4. The molecule has 4 rings (SSSR count). The molecule has 1 aliphatic carbocycles. The molecule has 0 saturated heterocycles. The first kappa shape index (κ1) is 28.5. The van der Waals surface area contributed by atoms with Crippen molar-refractivity contribution in [3.05, 3.63) is 96.1 Å². The van der Waals surface area contributed by atoms with Crippen molar-refractivity contribution in [2.24, 2.45) is 17.8 Å². The van der Waals surface area contributed by atoms with Crippen LogP contribution in [0.15, 0.2) is 84.9 Å². The van der Waals surface area contributed by atoms with E-state index < -0.39 is 23.8 Å². The molecule has 39 heavy (non-hydrogen) atoms. The highest BCUT2D eigenvalue weighted by molar-refractivity contribution is 5.87. The summed E-state index contributed by atoms with van der Waals surface area (Å²) in [6.45, 7) is -0.193. The summed E-state index contributed by atoms with van der Waals surface area (Å²) in [5, 5.41) is 22.6. The van der Waals surface area contributed by atoms with Gasteiger partial charge in [0, 0.05) is 5.92 Å². The van der Waals surface area contributed by atoms with E-state index in [2.05, 4.69) is 41.7 Å². The maximum atomic E-state index is 13.7. The minimum atomic E-state index is -0.603. The van der Waals surface area contributed by atoms with Crippen LogP contribution in [0.2, 0.25) is 0 Å². The zero-order valence-corrected chi connectivity index (χ0v) is 22.5. The summed E-state index contributed by atoms with van der Waals surface area (Å²) < 4.78 is 0. The Bertz CT molecular complexity index is 1160. The first-order valence-electron chi connectivity index (χ1n) is 14.1. The number of benzene rings is 3. The Kier molecular flexibility index (Phi) is 10.7. The minimum Gasteiger partial charge on any atom is -0.394 e. The van der Waals surface area contributed by atoms with E-state index in [1.54, 1.807) is 0 Å². The molecule has 1 saturated carbocycles. The van der Waals surface area contributed by atoms with Gasteiger partial charge >= 0.3 is 0 Å². The molecule has 0 spiro atoms. The lowest BCUT2D eigenvalue weighted by molar-refractivity contribution is -0.143. The number of aliphatic hydroxyl groups is 1. The van der Waals surface area contributed by atoms with Crippen molar-refractivity contribution in [2.45, 2.75) is 57.4 Å². The molecule has 0 radical (unpaired) electrons. The molecular formula is C33H40N2O4. The average molecular weight is 529 g/mol. The van der Waals surface area contributed by atoms with E-state index in [1.807, 2.05) is 54.0 Å². The highest BCUT2D eigenvalue weighted by atomic mass is 16.5. The standard InChI is InChI=1S/C33H40N2O4/c36-23-29(22-25-10-3-1-4-11-25)34-32(37)30(31(33(38)35-39)28-15-7-8-16-28)17-9-12-24-18-20-27(21-19-24)26-13-5-2-6-14-26/h1-6,10-11,13-14,18-21,28-31,36,39H,7-9,12,15-17,22-23H2,(H,34,37)(H,35,38)/t29-,30?,31-/m0/s1. The zero-order chi connectivity index (χ0) is 27.5. The van der Waals surface area contributed by atoms with Crippen LogP contribution >= 0.6 is 0 Å². The van der Waals surface area contributed by atoms with Crippen LogP contribution in [-0.2, 0) is 22.4 Å². The summed E-state index contributed by atoms with van der Waals surface area (Å²) in [7, 11) is 0. The highest BCUT2D eigenvalue weighted by Gasteiger charge is 2.40. The fourth-order valence-electron chi connectivity index (χ4n) is 5.98. The lowest BCUT2D eigenvalue weighted by Crippen LogP contribution is -2.48. The van der Waals surface area contributed by atoms with E-state index in [9.17, 15) is 19.9 Å². The Morgan fingerprint density at radius 3 is 2.03 bits per heavy atom. The van der Waals surface area contributed by atoms with Crippen LogP contribution in [0, 0.1) is 17.8 Å². The van der Waals surface area contributed by atoms with Gasteiger partial charge in [0.05, 0.1) is 18.6 Å². The van der Waals surface area contributed by atoms with Gasteiger partial charge in [0.25, 0.3) is 0 Å². The van der Waals surface area contributed by atoms with Gasteiger partial charge in [0.2, 0.25) is 11.8 Å². The van der Waals surface area contributed by atoms with Gasteiger partial charge in [-0.1, -0.05) is 97.8 Å². The van der Waals surface area contributed by atoms with E-state index in [1.165, 1.54) is 11.1 Å². The molecule has 0 heterocycles. The van der Waals surface area contributed by atoms with Crippen LogP contribution in [0.5, 0.6) is 0 Å². The van der Waals surface area contributed by atoms with Gasteiger partial charge in [-0.05, 0) is 66.7 Å². The molecule has 2 amide bonds. The normalized spacial score (nSPS) is 15.8. The third kappa shape index (κ3) is 8.01. The Morgan fingerprint density at radius 2 is 1.41 bits per heavy atom. The van der Waals surface area contributed by atoms with Crippen LogP contribution in [0.3, 0.4) is 0 Å². The predicted octanol–water partition coefficient (Wildman–Crippen LogP) is 5.32. The van der Waals surface area contributed by atoms with Crippen molar-refractivity contribution in [2.75, 3.05) is 6.61 Å². The van der Waals surface area contributed by atoms with E-state index >= 15 is 0 Å². The first-order chi connectivity index (χ1) is 19.1. The number of aliphatic hydroxyl groups excluding tert-OH is 1. The Morgan fingerprint density at radius 1 is 0.795 bits per heavy atom. The molecule has 6 nitrogen and oxygen atoms in total. The summed E-state index contributed by atoms with van der Waals surface area (Å²) in [4.78, 5) is 26.6. The molecule has 0 bridgehead atoms. The average Bonchev–Trinajstić information content (AvgIpc) is 3.52. The van der Waals surface area contributed by atoms with Crippen molar-refractivity contribution in [3.8, 4) is 11.1 Å². The highest BCUT2D eigenvalue weighted by Crippen LogP contribution is 2.37. The van der Waals surface area contributed by atoms with Gasteiger partial charge in [0.15, 0.2) is 0 Å². The molecule has 1 aliphatic rings. The summed E-state index contributed by atoms with van der Waals surface area (Å²) in [6, 6.07) is 28.0. The molecular weight excluding hydrogens is 488 g/mol. The topological polar surface area (TPSA) is 98.7 Å². The number of aryl methyl sites for hydroxylation is 1. The molecule has 3 aromatic rings. The maximum Gasteiger partial charge on any atom is 0.247 e. The van der Waals surface area contributed by atoms with Crippen LogP contribution in [0.25, 0.3) is 11.1 Å². The molecule has 206 valence electrons. The summed E-state index contributed by atoms with van der Waals surface area (Å²) in [5.74, 6) is -1.86. The van der Waals surface area contributed by atoms with Crippen molar-refractivity contribution in [1.82, 2.24) is 10.8 Å². The fourth-order valence-corrected chi connectivity index (χ4v) is 5.98. The molecule has 0 aliphatic heterocycles. The quantitative estimate of drug-likeness (QED) is 0.178. The van der Waals surface area contributed by atoms with E-state index in [-0.39, 0.29) is 18.4 Å². The molecule has 1 unspecified atom stereocenters. The summed E-state index contributed by atoms with van der Waals surface area (Å²) in [5.41, 5.74) is 6.37. The molecule has 3 atom stereocenters. The lowest BCUT2D eigenvalue weighted by atomic mass is 9.76. The van der Waals surface area contributed by atoms with Crippen LogP contribution in [0.4, 0.5) is 0 Å². The third-order valence-electron chi connectivity index (χ3n) is 8.02. The van der Waals surface area contributed by atoms with Crippen LogP contribution in [0.1, 0.15) is 49.7 Å². The number of hydroxylamine groups is 1. The summed E-state index contributed by atoms with van der Waals surface area (Å²) in [6.07, 6.45) is 6.32. The number of amides is 2. The second-order valence-corrected chi connectivity index (χ2v) is 10.7. The maximum absolute atomic E-state index is 13.7. The van der Waals surface area contributed by atoms with Crippen molar-refractivity contribution >= 4 is 11.8 Å². The lowest BCUT2D eigenvalue weighted by Gasteiger charge is -2.30. The zero-order valence-electron chi connectivity index (χ0n) is 22.5. The van der Waals surface area contributed by atoms with Gasteiger partial charge in [-0.3, -0.25) is 14.8 Å². The van der Waals surface area contributed by atoms with E-state index in [0.717, 1.165) is 49.7 Å². The fraction of sp³-hybridized carbons (Fsp3) is 0.394. The number of carbonyl (C=O) groups excluding carboxylic acids is 2.